The van der Waals surface area contributed by atoms with Gasteiger partial charge < -0.3 is 9.73 Å². The molecule has 0 bridgehead atoms. The molecule has 0 spiro atoms. The molecule has 20 heavy (non-hydrogen) atoms. The van der Waals surface area contributed by atoms with Gasteiger partial charge in [0.05, 0.1) is 10.7 Å². The third kappa shape index (κ3) is 2.35. The van der Waals surface area contributed by atoms with Crippen molar-refractivity contribution in [3.05, 3.63) is 64.1 Å². The third-order valence-corrected chi connectivity index (χ3v) is 3.65. The first-order chi connectivity index (χ1) is 9.66. The molecule has 0 saturated heterocycles. The van der Waals surface area contributed by atoms with Crippen LogP contribution in [0.2, 0.25) is 10.2 Å². The van der Waals surface area contributed by atoms with E-state index in [1.54, 1.807) is 12.1 Å². The summed E-state index contributed by atoms with van der Waals surface area (Å²) in [6.07, 6.45) is 0. The largest absolute Gasteiger partial charge is 0.444 e. The predicted molar refractivity (Wildman–Crippen MR) is 80.0 cm³/mol. The fourth-order valence-corrected chi connectivity index (χ4v) is 2.48. The van der Waals surface area contributed by atoms with Crippen LogP contribution in [0.5, 0.6) is 0 Å². The summed E-state index contributed by atoms with van der Waals surface area (Å²) in [4.78, 5) is 0. The van der Waals surface area contributed by atoms with Crippen molar-refractivity contribution in [3.63, 3.8) is 0 Å². The van der Waals surface area contributed by atoms with Crippen molar-refractivity contribution in [1.29, 1.82) is 0 Å². The molecule has 0 aliphatic carbocycles. The normalized spacial score (nSPS) is 10.9. The molecule has 0 aliphatic heterocycles. The average molecular weight is 310 g/mol. The number of halogens is 3. The Balaban J connectivity index is 1.90. The molecule has 0 amide bonds. The molecule has 1 aromatic heterocycles. The lowest BCUT2D eigenvalue weighted by atomic mass is 10.1. The Labute approximate surface area is 125 Å². The van der Waals surface area contributed by atoms with Gasteiger partial charge in [-0.15, -0.1) is 0 Å². The Morgan fingerprint density at radius 2 is 1.85 bits per heavy atom. The minimum atomic E-state index is -0.474. The summed E-state index contributed by atoms with van der Waals surface area (Å²) in [5.74, 6) is -0.474. The maximum atomic E-state index is 13.8. The zero-order chi connectivity index (χ0) is 14.1. The summed E-state index contributed by atoms with van der Waals surface area (Å²) in [5, 5.41) is 4.28. The van der Waals surface area contributed by atoms with Gasteiger partial charge in [-0.2, -0.15) is 0 Å². The number of rotatable bonds is 3. The number of fused-ring (bicyclic) bond motifs is 1. The van der Waals surface area contributed by atoms with Crippen molar-refractivity contribution in [2.75, 3.05) is 5.32 Å². The average Bonchev–Trinajstić information content (AvgIpc) is 2.76. The van der Waals surface area contributed by atoms with Gasteiger partial charge in [0.2, 0.25) is 0 Å². The summed E-state index contributed by atoms with van der Waals surface area (Å²) in [7, 11) is 0. The Hall–Kier alpha value is -1.71. The van der Waals surface area contributed by atoms with Crippen molar-refractivity contribution < 1.29 is 8.81 Å². The lowest BCUT2D eigenvalue weighted by Gasteiger charge is -2.07. The second kappa shape index (κ2) is 5.35. The van der Waals surface area contributed by atoms with Crippen molar-refractivity contribution in [1.82, 2.24) is 0 Å². The number of hydrogen-bond acceptors (Lipinski definition) is 2. The first-order valence-electron chi connectivity index (χ1n) is 6.00. The first kappa shape index (κ1) is 13.3. The number of furan rings is 1. The third-order valence-electron chi connectivity index (χ3n) is 3.06. The standard InChI is InChI=1S/C15H10Cl2FNO/c16-11-5-3-6-12(14(11)18)19-8-10-9-4-1-2-7-13(9)20-15(10)17/h1-7,19H,8H2. The number of hydrogen-bond donors (Lipinski definition) is 1. The molecule has 3 aromatic rings. The Morgan fingerprint density at radius 1 is 1.05 bits per heavy atom. The predicted octanol–water partition coefficient (Wildman–Crippen LogP) is 5.49. The SMILES string of the molecule is Fc1c(Cl)cccc1NCc1c(Cl)oc2ccccc12. The topological polar surface area (TPSA) is 25.2 Å². The second-order valence-electron chi connectivity index (χ2n) is 4.31. The maximum Gasteiger partial charge on any atom is 0.199 e. The van der Waals surface area contributed by atoms with Crippen LogP contribution in [-0.2, 0) is 6.54 Å². The van der Waals surface area contributed by atoms with E-state index in [2.05, 4.69) is 5.32 Å². The quantitative estimate of drug-likeness (QED) is 0.692. The molecule has 0 unspecified atom stereocenters. The lowest BCUT2D eigenvalue weighted by Crippen LogP contribution is -2.01. The van der Waals surface area contributed by atoms with E-state index in [1.165, 1.54) is 6.07 Å². The summed E-state index contributed by atoms with van der Waals surface area (Å²) in [6, 6.07) is 12.3. The van der Waals surface area contributed by atoms with Crippen molar-refractivity contribution in [2.24, 2.45) is 0 Å². The number of benzene rings is 2. The van der Waals surface area contributed by atoms with Gasteiger partial charge in [0.15, 0.2) is 11.0 Å². The second-order valence-corrected chi connectivity index (χ2v) is 5.06. The van der Waals surface area contributed by atoms with E-state index in [-0.39, 0.29) is 5.02 Å². The summed E-state index contributed by atoms with van der Waals surface area (Å²) < 4.78 is 19.2. The van der Waals surface area contributed by atoms with Crippen LogP contribution in [-0.4, -0.2) is 0 Å². The first-order valence-corrected chi connectivity index (χ1v) is 6.76. The number of nitrogens with one attached hydrogen (secondary N) is 1. The van der Waals surface area contributed by atoms with Gasteiger partial charge in [-0.1, -0.05) is 35.9 Å². The molecule has 0 fully saturated rings. The van der Waals surface area contributed by atoms with Crippen LogP contribution in [0.25, 0.3) is 11.0 Å². The molecule has 102 valence electrons. The van der Waals surface area contributed by atoms with Gasteiger partial charge in [-0.3, -0.25) is 0 Å². The molecule has 1 heterocycles. The molecule has 0 saturated carbocycles. The zero-order valence-electron chi connectivity index (χ0n) is 10.3. The van der Waals surface area contributed by atoms with Gasteiger partial charge in [0, 0.05) is 17.5 Å². The van der Waals surface area contributed by atoms with E-state index in [1.807, 2.05) is 24.3 Å². The van der Waals surface area contributed by atoms with Crippen molar-refractivity contribution in [2.45, 2.75) is 6.54 Å². The lowest BCUT2D eigenvalue weighted by molar-refractivity contribution is 0.612. The maximum absolute atomic E-state index is 13.8. The minimum absolute atomic E-state index is 0.0816. The molecule has 3 rings (SSSR count). The highest BCUT2D eigenvalue weighted by atomic mass is 35.5. The summed E-state index contributed by atoms with van der Waals surface area (Å²) in [6.45, 7) is 0.354. The molecule has 1 N–H and O–H groups in total. The molecule has 0 radical (unpaired) electrons. The number of para-hydroxylation sites is 1. The van der Waals surface area contributed by atoms with Gasteiger partial charge >= 0.3 is 0 Å². The van der Waals surface area contributed by atoms with E-state index < -0.39 is 5.82 Å². The van der Waals surface area contributed by atoms with Crippen molar-refractivity contribution >= 4 is 39.9 Å². The van der Waals surface area contributed by atoms with Crippen LogP contribution in [0.4, 0.5) is 10.1 Å². The molecule has 0 atom stereocenters. The minimum Gasteiger partial charge on any atom is -0.444 e. The molecule has 2 aromatic carbocycles. The highest BCUT2D eigenvalue weighted by Crippen LogP contribution is 2.31. The van der Waals surface area contributed by atoms with E-state index in [9.17, 15) is 4.39 Å². The Morgan fingerprint density at radius 3 is 2.70 bits per heavy atom. The van der Waals surface area contributed by atoms with E-state index >= 15 is 0 Å². The number of anilines is 1. The fourth-order valence-electron chi connectivity index (χ4n) is 2.06. The van der Waals surface area contributed by atoms with Crippen LogP contribution in [0, 0.1) is 5.82 Å². The van der Waals surface area contributed by atoms with E-state index in [0.29, 0.717) is 23.0 Å². The van der Waals surface area contributed by atoms with Gasteiger partial charge in [-0.05, 0) is 29.8 Å². The van der Waals surface area contributed by atoms with Gasteiger partial charge in [-0.25, -0.2) is 4.39 Å². The smallest absolute Gasteiger partial charge is 0.199 e. The highest BCUT2D eigenvalue weighted by Gasteiger charge is 2.13. The van der Waals surface area contributed by atoms with Crippen molar-refractivity contribution in [3.8, 4) is 0 Å². The fraction of sp³-hybridized carbons (Fsp3) is 0.0667. The Bertz CT molecular complexity index is 770. The summed E-state index contributed by atoms with van der Waals surface area (Å²) in [5.41, 5.74) is 1.83. The molecular formula is C15H10Cl2FNO. The Kier molecular flexibility index (Phi) is 3.55. The summed E-state index contributed by atoms with van der Waals surface area (Å²) >= 11 is 11.8. The van der Waals surface area contributed by atoms with E-state index in [4.69, 9.17) is 27.6 Å². The van der Waals surface area contributed by atoms with Crippen LogP contribution < -0.4 is 5.32 Å². The molecule has 5 heteroatoms. The molecular weight excluding hydrogens is 300 g/mol. The van der Waals surface area contributed by atoms with Crippen LogP contribution in [0.15, 0.2) is 46.9 Å². The van der Waals surface area contributed by atoms with E-state index in [0.717, 1.165) is 10.9 Å². The van der Waals surface area contributed by atoms with Crippen LogP contribution >= 0.6 is 23.2 Å². The van der Waals surface area contributed by atoms with Crippen LogP contribution in [0.1, 0.15) is 5.56 Å². The molecule has 2 nitrogen and oxygen atoms in total. The van der Waals surface area contributed by atoms with Crippen LogP contribution in [0.3, 0.4) is 0 Å². The van der Waals surface area contributed by atoms with Gasteiger partial charge in [0.1, 0.15) is 5.58 Å². The molecule has 0 aliphatic rings. The van der Waals surface area contributed by atoms with Gasteiger partial charge in [0.25, 0.3) is 0 Å². The highest BCUT2D eigenvalue weighted by molar-refractivity contribution is 6.31. The monoisotopic (exact) mass is 309 g/mol. The zero-order valence-corrected chi connectivity index (χ0v) is 11.8.